The first-order chi connectivity index (χ1) is 9.61. The third-order valence-electron chi connectivity index (χ3n) is 3.98. The second-order valence-corrected chi connectivity index (χ2v) is 6.76. The van der Waals surface area contributed by atoms with Gasteiger partial charge in [0.25, 0.3) is 0 Å². The zero-order valence-electron chi connectivity index (χ0n) is 12.7. The first kappa shape index (κ1) is 15.9. The lowest BCUT2D eigenvalue weighted by Gasteiger charge is -2.31. The third kappa shape index (κ3) is 4.01. The van der Waals surface area contributed by atoms with Gasteiger partial charge < -0.3 is 15.2 Å². The molecular formula is C15H26N2O2S. The molecule has 1 aromatic rings. The van der Waals surface area contributed by atoms with Crippen LogP contribution in [0.4, 0.5) is 0 Å². The summed E-state index contributed by atoms with van der Waals surface area (Å²) in [6.45, 7) is 4.95. The van der Waals surface area contributed by atoms with Crippen LogP contribution in [0.5, 0.6) is 0 Å². The van der Waals surface area contributed by atoms with Gasteiger partial charge in [-0.25, -0.2) is 4.98 Å². The van der Waals surface area contributed by atoms with Crippen molar-refractivity contribution in [3.05, 3.63) is 15.6 Å². The highest BCUT2D eigenvalue weighted by atomic mass is 32.1. The number of nitrogens with zero attached hydrogens (tertiary/aromatic N) is 1. The van der Waals surface area contributed by atoms with E-state index in [4.69, 9.17) is 4.74 Å². The van der Waals surface area contributed by atoms with E-state index in [2.05, 4.69) is 24.1 Å². The molecule has 2 rings (SSSR count). The van der Waals surface area contributed by atoms with E-state index in [9.17, 15) is 5.11 Å². The molecule has 20 heavy (non-hydrogen) atoms. The summed E-state index contributed by atoms with van der Waals surface area (Å²) in [6.07, 6.45) is 5.02. The molecule has 0 radical (unpaired) electrons. The number of ether oxygens (including phenoxy) is 1. The molecule has 3 unspecified atom stereocenters. The van der Waals surface area contributed by atoms with Gasteiger partial charge in [-0.3, -0.25) is 0 Å². The Morgan fingerprint density at radius 2 is 2.20 bits per heavy atom. The number of aliphatic hydroxyl groups excluding tert-OH is 1. The van der Waals surface area contributed by atoms with E-state index < -0.39 is 0 Å². The lowest BCUT2D eigenvalue weighted by atomic mass is 9.92. The Kier molecular flexibility index (Phi) is 5.96. The van der Waals surface area contributed by atoms with Crippen molar-refractivity contribution in [3.63, 3.8) is 0 Å². The zero-order valence-corrected chi connectivity index (χ0v) is 13.5. The van der Waals surface area contributed by atoms with Gasteiger partial charge in [0.05, 0.1) is 23.4 Å². The van der Waals surface area contributed by atoms with Crippen molar-refractivity contribution < 1.29 is 9.84 Å². The highest BCUT2D eigenvalue weighted by molar-refractivity contribution is 7.11. The fourth-order valence-corrected chi connectivity index (χ4v) is 3.93. The second kappa shape index (κ2) is 7.50. The number of aromatic nitrogens is 1. The summed E-state index contributed by atoms with van der Waals surface area (Å²) in [5.74, 6) is 0. The summed E-state index contributed by atoms with van der Waals surface area (Å²) >= 11 is 1.76. The van der Waals surface area contributed by atoms with Crippen LogP contribution in [-0.4, -0.2) is 36.0 Å². The molecule has 5 heteroatoms. The molecule has 0 aliphatic heterocycles. The standard InChI is InChI=1S/C15H26N2O2S/c1-10(16-12-6-4-5-7-13(12)18)15-11(2)17-14(20-15)8-9-19-3/h10,12-13,16,18H,4-9H2,1-3H3. The number of methoxy groups -OCH3 is 1. The lowest BCUT2D eigenvalue weighted by Crippen LogP contribution is -2.43. The van der Waals surface area contributed by atoms with Crippen molar-refractivity contribution in [1.82, 2.24) is 10.3 Å². The molecule has 1 saturated carbocycles. The zero-order chi connectivity index (χ0) is 14.5. The fraction of sp³-hybridized carbons (Fsp3) is 0.800. The first-order valence-electron chi connectivity index (χ1n) is 7.51. The molecule has 1 aromatic heterocycles. The highest BCUT2D eigenvalue weighted by Gasteiger charge is 2.25. The predicted octanol–water partition coefficient (Wildman–Crippen LogP) is 2.59. The topological polar surface area (TPSA) is 54.4 Å². The van der Waals surface area contributed by atoms with E-state index in [1.807, 2.05) is 0 Å². The van der Waals surface area contributed by atoms with Crippen LogP contribution in [0.25, 0.3) is 0 Å². The minimum absolute atomic E-state index is 0.201. The van der Waals surface area contributed by atoms with E-state index in [-0.39, 0.29) is 18.2 Å². The molecule has 0 aromatic carbocycles. The van der Waals surface area contributed by atoms with Crippen LogP contribution in [0, 0.1) is 6.92 Å². The Bertz CT molecular complexity index is 422. The Hall–Kier alpha value is -0.490. The summed E-state index contributed by atoms with van der Waals surface area (Å²) in [4.78, 5) is 5.90. The van der Waals surface area contributed by atoms with E-state index in [1.165, 1.54) is 11.3 Å². The molecule has 1 aliphatic carbocycles. The van der Waals surface area contributed by atoms with Crippen LogP contribution >= 0.6 is 11.3 Å². The number of thiazole rings is 1. The Morgan fingerprint density at radius 1 is 1.45 bits per heavy atom. The minimum atomic E-state index is -0.201. The number of nitrogens with one attached hydrogen (secondary N) is 1. The van der Waals surface area contributed by atoms with E-state index in [0.717, 1.165) is 43.0 Å². The third-order valence-corrected chi connectivity index (χ3v) is 5.38. The van der Waals surface area contributed by atoms with Gasteiger partial charge in [0.15, 0.2) is 0 Å². The van der Waals surface area contributed by atoms with Gasteiger partial charge in [0.1, 0.15) is 0 Å². The van der Waals surface area contributed by atoms with Crippen LogP contribution in [0.2, 0.25) is 0 Å². The van der Waals surface area contributed by atoms with E-state index in [1.54, 1.807) is 18.4 Å². The number of hydrogen-bond donors (Lipinski definition) is 2. The summed E-state index contributed by atoms with van der Waals surface area (Å²) in [5, 5.41) is 14.8. The maximum Gasteiger partial charge on any atom is 0.0954 e. The number of rotatable bonds is 6. The average molecular weight is 298 g/mol. The van der Waals surface area contributed by atoms with Gasteiger partial charge in [-0.2, -0.15) is 0 Å². The Balaban J connectivity index is 1.97. The van der Waals surface area contributed by atoms with Gasteiger partial charge >= 0.3 is 0 Å². The molecule has 4 nitrogen and oxygen atoms in total. The van der Waals surface area contributed by atoms with Crippen LogP contribution < -0.4 is 5.32 Å². The smallest absolute Gasteiger partial charge is 0.0954 e. The molecule has 114 valence electrons. The second-order valence-electron chi connectivity index (χ2n) is 5.65. The molecule has 0 amide bonds. The van der Waals surface area contributed by atoms with Gasteiger partial charge in [0, 0.05) is 30.5 Å². The van der Waals surface area contributed by atoms with Crippen molar-refractivity contribution in [3.8, 4) is 0 Å². The SMILES string of the molecule is COCCc1nc(C)c(C(C)NC2CCCCC2O)s1. The van der Waals surface area contributed by atoms with Gasteiger partial charge in [-0.15, -0.1) is 11.3 Å². The van der Waals surface area contributed by atoms with Crippen molar-refractivity contribution in [2.45, 2.75) is 64.1 Å². The summed E-state index contributed by atoms with van der Waals surface area (Å²) < 4.78 is 5.11. The molecule has 0 bridgehead atoms. The van der Waals surface area contributed by atoms with Crippen molar-refractivity contribution in [1.29, 1.82) is 0 Å². The summed E-state index contributed by atoms with van der Waals surface area (Å²) in [5.41, 5.74) is 1.10. The predicted molar refractivity (Wildman–Crippen MR) is 82.2 cm³/mol. The van der Waals surface area contributed by atoms with Gasteiger partial charge in [0.2, 0.25) is 0 Å². The maximum atomic E-state index is 10.1. The summed E-state index contributed by atoms with van der Waals surface area (Å²) in [6, 6.07) is 0.476. The normalized spacial score (nSPS) is 24.8. The van der Waals surface area contributed by atoms with Crippen molar-refractivity contribution in [2.75, 3.05) is 13.7 Å². The number of aliphatic hydroxyl groups is 1. The van der Waals surface area contributed by atoms with Crippen molar-refractivity contribution >= 4 is 11.3 Å². The Labute approximate surface area is 125 Å². The Morgan fingerprint density at radius 3 is 2.90 bits per heavy atom. The van der Waals surface area contributed by atoms with Gasteiger partial charge in [-0.05, 0) is 26.7 Å². The molecule has 1 aliphatic rings. The molecule has 3 atom stereocenters. The minimum Gasteiger partial charge on any atom is -0.392 e. The average Bonchev–Trinajstić information content (AvgIpc) is 2.80. The molecular weight excluding hydrogens is 272 g/mol. The molecule has 1 heterocycles. The maximum absolute atomic E-state index is 10.1. The summed E-state index contributed by atoms with van der Waals surface area (Å²) in [7, 11) is 1.72. The lowest BCUT2D eigenvalue weighted by molar-refractivity contribution is 0.0861. The highest BCUT2D eigenvalue weighted by Crippen LogP contribution is 2.28. The fourth-order valence-electron chi connectivity index (χ4n) is 2.87. The van der Waals surface area contributed by atoms with Gasteiger partial charge in [-0.1, -0.05) is 12.8 Å². The number of aryl methyl sites for hydroxylation is 1. The molecule has 0 spiro atoms. The molecule has 2 N–H and O–H groups in total. The number of hydrogen-bond acceptors (Lipinski definition) is 5. The monoisotopic (exact) mass is 298 g/mol. The van der Waals surface area contributed by atoms with Crippen LogP contribution in [0.15, 0.2) is 0 Å². The molecule has 0 saturated heterocycles. The largest absolute Gasteiger partial charge is 0.392 e. The van der Waals surface area contributed by atoms with Crippen LogP contribution in [-0.2, 0) is 11.2 Å². The van der Waals surface area contributed by atoms with Crippen LogP contribution in [0.3, 0.4) is 0 Å². The molecule has 1 fully saturated rings. The van der Waals surface area contributed by atoms with Crippen molar-refractivity contribution in [2.24, 2.45) is 0 Å². The van der Waals surface area contributed by atoms with Crippen LogP contribution in [0.1, 0.15) is 54.2 Å². The quantitative estimate of drug-likeness (QED) is 0.847. The van der Waals surface area contributed by atoms with E-state index in [0.29, 0.717) is 0 Å². The first-order valence-corrected chi connectivity index (χ1v) is 8.32. The van der Waals surface area contributed by atoms with E-state index >= 15 is 0 Å².